The van der Waals surface area contributed by atoms with E-state index in [0.29, 0.717) is 0 Å². The molecule has 0 radical (unpaired) electrons. The summed E-state index contributed by atoms with van der Waals surface area (Å²) in [5.74, 6) is -0.561. The van der Waals surface area contributed by atoms with Crippen LogP contribution in [-0.4, -0.2) is 4.32 Å². The van der Waals surface area contributed by atoms with E-state index < -0.39 is 5.82 Å². The van der Waals surface area contributed by atoms with Crippen LogP contribution in [0.1, 0.15) is 11.1 Å². The number of benzene rings is 1. The second-order valence-electron chi connectivity index (χ2n) is 2.08. The van der Waals surface area contributed by atoms with E-state index in [2.05, 4.69) is 12.2 Å². The summed E-state index contributed by atoms with van der Waals surface area (Å²) in [6.07, 6.45) is 0. The summed E-state index contributed by atoms with van der Waals surface area (Å²) in [6.45, 7) is 0. The highest BCUT2D eigenvalue weighted by Gasteiger charge is 2.05. The molecule has 0 aliphatic carbocycles. The van der Waals surface area contributed by atoms with Gasteiger partial charge in [0.25, 0.3) is 0 Å². The van der Waals surface area contributed by atoms with Crippen LogP contribution < -0.4 is 0 Å². The molecule has 0 aliphatic heterocycles. The van der Waals surface area contributed by atoms with E-state index in [-0.39, 0.29) is 15.5 Å². The molecule has 0 amide bonds. The van der Waals surface area contributed by atoms with Crippen LogP contribution in [-0.2, 0) is 0 Å². The fraction of sp³-hybridized carbons (Fsp3) is 0. The van der Waals surface area contributed by atoms with Crippen molar-refractivity contribution in [2.75, 3.05) is 0 Å². The molecule has 60 valence electrons. The van der Waals surface area contributed by atoms with Gasteiger partial charge in [0, 0.05) is 5.56 Å². The number of thiocarbonyl (C=S) groups is 1. The van der Waals surface area contributed by atoms with Crippen LogP contribution >= 0.6 is 23.8 Å². The maximum atomic E-state index is 13.0. The van der Waals surface area contributed by atoms with Gasteiger partial charge in [-0.2, -0.15) is 5.26 Å². The fourth-order valence-corrected chi connectivity index (χ4v) is 1.06. The lowest BCUT2D eigenvalue weighted by atomic mass is 10.1. The zero-order valence-electron chi connectivity index (χ0n) is 5.84. The monoisotopic (exact) mass is 199 g/mol. The summed E-state index contributed by atoms with van der Waals surface area (Å²) < 4.78 is 12.9. The Balaban J connectivity index is 3.23. The molecule has 0 aliphatic rings. The Labute approximate surface area is 79.4 Å². The first-order chi connectivity index (χ1) is 5.65. The predicted octanol–water partition coefficient (Wildman–Crippen LogP) is 2.61. The van der Waals surface area contributed by atoms with Crippen LogP contribution in [0.3, 0.4) is 0 Å². The first kappa shape index (κ1) is 9.11. The van der Waals surface area contributed by atoms with Gasteiger partial charge in [-0.25, -0.2) is 4.39 Å². The lowest BCUT2D eigenvalue weighted by molar-refractivity contribution is 0.625. The average Bonchev–Trinajstić information content (AvgIpc) is 2.03. The summed E-state index contributed by atoms with van der Waals surface area (Å²) >= 11 is 9.98. The second-order valence-corrected chi connectivity index (χ2v) is 3.09. The van der Waals surface area contributed by atoms with Crippen molar-refractivity contribution < 1.29 is 4.39 Å². The van der Waals surface area contributed by atoms with Gasteiger partial charge in [-0.15, -0.1) is 0 Å². The quantitative estimate of drug-likeness (QED) is 0.513. The highest BCUT2D eigenvalue weighted by atomic mass is 35.5. The van der Waals surface area contributed by atoms with Crippen molar-refractivity contribution in [3.05, 3.63) is 35.1 Å². The minimum atomic E-state index is -0.561. The SMILES string of the molecule is N#Cc1ccc(C(=S)Cl)c(F)c1. The van der Waals surface area contributed by atoms with E-state index in [0.717, 1.165) is 6.07 Å². The van der Waals surface area contributed by atoms with Crippen LogP contribution in [0.5, 0.6) is 0 Å². The molecular weight excluding hydrogens is 197 g/mol. The number of hydrogen-bond donors (Lipinski definition) is 0. The van der Waals surface area contributed by atoms with Gasteiger partial charge in [0.2, 0.25) is 0 Å². The fourth-order valence-electron chi connectivity index (χ4n) is 0.744. The van der Waals surface area contributed by atoms with Crippen molar-refractivity contribution in [3.8, 4) is 6.07 Å². The largest absolute Gasteiger partial charge is 0.206 e. The molecule has 0 saturated carbocycles. The molecule has 0 saturated heterocycles. The number of nitriles is 1. The zero-order valence-corrected chi connectivity index (χ0v) is 7.42. The Bertz CT molecular complexity index is 370. The highest BCUT2D eigenvalue weighted by molar-refractivity contribution is 7.83. The summed E-state index contributed by atoms with van der Waals surface area (Å²) in [7, 11) is 0. The van der Waals surface area contributed by atoms with E-state index in [4.69, 9.17) is 16.9 Å². The molecule has 1 rings (SSSR count). The van der Waals surface area contributed by atoms with Gasteiger partial charge in [-0.1, -0.05) is 23.8 Å². The summed E-state index contributed by atoms with van der Waals surface area (Å²) in [4.78, 5) is 0. The molecule has 0 aromatic heterocycles. The third-order valence-electron chi connectivity index (χ3n) is 1.31. The van der Waals surface area contributed by atoms with Crippen molar-refractivity contribution in [1.29, 1.82) is 5.26 Å². The minimum absolute atomic E-state index is 0.0306. The van der Waals surface area contributed by atoms with E-state index in [1.54, 1.807) is 0 Å². The predicted molar refractivity (Wildman–Crippen MR) is 48.7 cm³/mol. The second kappa shape index (κ2) is 3.61. The first-order valence-corrected chi connectivity index (χ1v) is 3.83. The topological polar surface area (TPSA) is 23.8 Å². The molecule has 0 atom stereocenters. The summed E-state index contributed by atoms with van der Waals surface area (Å²) in [5, 5.41) is 8.41. The van der Waals surface area contributed by atoms with E-state index in [9.17, 15) is 4.39 Å². The molecular formula is C8H3ClFNS. The van der Waals surface area contributed by atoms with Crippen molar-refractivity contribution in [2.24, 2.45) is 0 Å². The lowest BCUT2D eigenvalue weighted by Gasteiger charge is -1.97. The molecule has 1 nitrogen and oxygen atoms in total. The van der Waals surface area contributed by atoms with Crippen molar-refractivity contribution in [2.45, 2.75) is 0 Å². The van der Waals surface area contributed by atoms with Gasteiger partial charge in [0.1, 0.15) is 10.1 Å². The molecule has 0 fully saturated rings. The van der Waals surface area contributed by atoms with E-state index in [1.807, 2.05) is 6.07 Å². The van der Waals surface area contributed by atoms with E-state index in [1.165, 1.54) is 12.1 Å². The van der Waals surface area contributed by atoms with Gasteiger partial charge in [-0.05, 0) is 18.2 Å². The minimum Gasteiger partial charge on any atom is -0.206 e. The van der Waals surface area contributed by atoms with Gasteiger partial charge in [0.05, 0.1) is 11.6 Å². The van der Waals surface area contributed by atoms with Gasteiger partial charge < -0.3 is 0 Å². The smallest absolute Gasteiger partial charge is 0.134 e. The maximum Gasteiger partial charge on any atom is 0.134 e. The first-order valence-electron chi connectivity index (χ1n) is 3.04. The van der Waals surface area contributed by atoms with Gasteiger partial charge in [0.15, 0.2) is 0 Å². The van der Waals surface area contributed by atoms with Crippen molar-refractivity contribution >= 4 is 28.1 Å². The lowest BCUT2D eigenvalue weighted by Crippen LogP contribution is -1.93. The molecule has 0 spiro atoms. The molecule has 0 unspecified atom stereocenters. The van der Waals surface area contributed by atoms with Crippen LogP contribution in [0, 0.1) is 17.1 Å². The zero-order chi connectivity index (χ0) is 9.14. The molecule has 0 bridgehead atoms. The Hall–Kier alpha value is -0.980. The third-order valence-corrected chi connectivity index (χ3v) is 1.73. The van der Waals surface area contributed by atoms with Gasteiger partial charge >= 0.3 is 0 Å². The maximum absolute atomic E-state index is 13.0. The van der Waals surface area contributed by atoms with Crippen molar-refractivity contribution in [3.63, 3.8) is 0 Å². The van der Waals surface area contributed by atoms with E-state index >= 15 is 0 Å². The Kier molecular flexibility index (Phi) is 2.74. The van der Waals surface area contributed by atoms with Crippen LogP contribution in [0.4, 0.5) is 4.39 Å². The third kappa shape index (κ3) is 1.79. The Morgan fingerprint density at radius 2 is 2.25 bits per heavy atom. The molecule has 1 aromatic rings. The number of hydrogen-bond acceptors (Lipinski definition) is 2. The number of halogens is 2. The van der Waals surface area contributed by atoms with Crippen LogP contribution in [0.25, 0.3) is 0 Å². The molecule has 4 heteroatoms. The molecule has 0 N–H and O–H groups in total. The summed E-state index contributed by atoms with van der Waals surface area (Å²) in [6, 6.07) is 5.77. The van der Waals surface area contributed by atoms with Crippen LogP contribution in [0.2, 0.25) is 0 Å². The van der Waals surface area contributed by atoms with Gasteiger partial charge in [-0.3, -0.25) is 0 Å². The normalized spacial score (nSPS) is 9.08. The molecule has 1 aromatic carbocycles. The highest BCUT2D eigenvalue weighted by Crippen LogP contribution is 2.12. The number of nitrogens with zero attached hydrogens (tertiary/aromatic N) is 1. The Morgan fingerprint density at radius 1 is 1.58 bits per heavy atom. The van der Waals surface area contributed by atoms with Crippen LogP contribution in [0.15, 0.2) is 18.2 Å². The van der Waals surface area contributed by atoms with Crippen molar-refractivity contribution in [1.82, 2.24) is 0 Å². The number of rotatable bonds is 1. The molecule has 0 heterocycles. The summed E-state index contributed by atoms with van der Waals surface area (Å²) in [5.41, 5.74) is 0.412. The Morgan fingerprint density at radius 3 is 2.67 bits per heavy atom. The average molecular weight is 200 g/mol. The standard InChI is InChI=1S/C8H3ClFNS/c9-8(12)6-2-1-5(4-11)3-7(6)10/h1-3H. The molecule has 12 heavy (non-hydrogen) atoms.